The van der Waals surface area contributed by atoms with Crippen molar-refractivity contribution in [3.05, 3.63) is 0 Å². The summed E-state index contributed by atoms with van der Waals surface area (Å²) in [6.45, 7) is 11.7. The summed E-state index contributed by atoms with van der Waals surface area (Å²) < 4.78 is 11.9. The molecule has 0 aromatic heterocycles. The molecule has 0 aliphatic carbocycles. The number of hydrogen-bond acceptors (Lipinski definition) is 2. The first-order valence-corrected chi connectivity index (χ1v) is 9.19. The molecule has 0 spiro atoms. The molecule has 1 atom stereocenters. The molecule has 0 saturated heterocycles. The molecule has 0 aromatic carbocycles. The first-order chi connectivity index (χ1) is 7.05. The summed E-state index contributed by atoms with van der Waals surface area (Å²) in [6.07, 6.45) is 6.27. The van der Waals surface area contributed by atoms with Crippen molar-refractivity contribution in [2.45, 2.75) is 72.1 Å². The van der Waals surface area contributed by atoms with Gasteiger partial charge in [0.2, 0.25) is 0 Å². The molecule has 3 heteroatoms. The smallest absolute Gasteiger partial charge is 0.331 e. The molecule has 0 aromatic rings. The van der Waals surface area contributed by atoms with Gasteiger partial charge in [0, 0.05) is 12.7 Å². The Morgan fingerprint density at radius 3 is 2.20 bits per heavy atom. The Labute approximate surface area is 96.6 Å². The van der Waals surface area contributed by atoms with E-state index >= 15 is 0 Å². The van der Waals surface area contributed by atoms with Crippen molar-refractivity contribution in [1.29, 1.82) is 0 Å². The average Bonchev–Trinajstić information content (AvgIpc) is 2.21. The maximum Gasteiger partial charge on any atom is 0.331 e. The van der Waals surface area contributed by atoms with Gasteiger partial charge in [-0.05, 0) is 32.4 Å². The second-order valence-corrected chi connectivity index (χ2v) is 7.86. The van der Waals surface area contributed by atoms with Crippen LogP contribution >= 0.6 is 0 Å². The van der Waals surface area contributed by atoms with Crippen LogP contribution in [0.1, 0.15) is 52.9 Å². The van der Waals surface area contributed by atoms with Gasteiger partial charge >= 0.3 is 8.56 Å². The molecular weight excluding hydrogens is 204 g/mol. The standard InChI is InChI=1S/C12H28O2Si/c1-6-9-10-12(8-3)14-15(4,5)13-11-7-2/h12H,6-11H2,1-5H3. The van der Waals surface area contributed by atoms with Gasteiger partial charge in [-0.25, -0.2) is 0 Å². The van der Waals surface area contributed by atoms with Gasteiger partial charge in [-0.2, -0.15) is 0 Å². The fourth-order valence-corrected chi connectivity index (χ4v) is 3.41. The lowest BCUT2D eigenvalue weighted by atomic mass is 10.1. The van der Waals surface area contributed by atoms with Gasteiger partial charge in [0.1, 0.15) is 0 Å². The third-order valence-electron chi connectivity index (χ3n) is 2.44. The van der Waals surface area contributed by atoms with Crippen molar-refractivity contribution in [2.75, 3.05) is 6.61 Å². The zero-order chi connectivity index (χ0) is 11.7. The summed E-state index contributed by atoms with van der Waals surface area (Å²) in [5.74, 6) is 0. The summed E-state index contributed by atoms with van der Waals surface area (Å²) >= 11 is 0. The number of rotatable bonds is 9. The lowest BCUT2D eigenvalue weighted by molar-refractivity contribution is 0.110. The topological polar surface area (TPSA) is 18.5 Å². The van der Waals surface area contributed by atoms with Crippen molar-refractivity contribution in [3.8, 4) is 0 Å². The summed E-state index contributed by atoms with van der Waals surface area (Å²) in [7, 11) is -1.86. The van der Waals surface area contributed by atoms with Gasteiger partial charge in [0.15, 0.2) is 0 Å². The third-order valence-corrected chi connectivity index (χ3v) is 4.24. The van der Waals surface area contributed by atoms with Crippen LogP contribution in [0.5, 0.6) is 0 Å². The zero-order valence-electron chi connectivity index (χ0n) is 11.1. The van der Waals surface area contributed by atoms with Crippen LogP contribution in [0.2, 0.25) is 13.1 Å². The van der Waals surface area contributed by atoms with Crippen molar-refractivity contribution in [2.24, 2.45) is 0 Å². The van der Waals surface area contributed by atoms with Crippen molar-refractivity contribution in [3.63, 3.8) is 0 Å². The largest absolute Gasteiger partial charge is 0.395 e. The number of hydrogen-bond donors (Lipinski definition) is 0. The van der Waals surface area contributed by atoms with E-state index in [0.717, 1.165) is 19.4 Å². The van der Waals surface area contributed by atoms with E-state index in [1.807, 2.05) is 0 Å². The van der Waals surface area contributed by atoms with Gasteiger partial charge in [-0.1, -0.05) is 33.6 Å². The summed E-state index contributed by atoms with van der Waals surface area (Å²) in [6, 6.07) is 0. The Bertz CT molecular complexity index is 149. The second kappa shape index (κ2) is 8.31. The van der Waals surface area contributed by atoms with Crippen LogP contribution in [-0.4, -0.2) is 21.3 Å². The molecule has 0 rings (SSSR count). The lowest BCUT2D eigenvalue weighted by Gasteiger charge is -2.28. The van der Waals surface area contributed by atoms with Crippen LogP contribution in [0.4, 0.5) is 0 Å². The molecule has 0 aliphatic heterocycles. The first kappa shape index (κ1) is 15.1. The highest BCUT2D eigenvalue weighted by Gasteiger charge is 2.27. The maximum absolute atomic E-state index is 6.11. The molecule has 2 nitrogen and oxygen atoms in total. The van der Waals surface area contributed by atoms with Gasteiger partial charge in [-0.3, -0.25) is 0 Å². The summed E-state index contributed by atoms with van der Waals surface area (Å²) in [5, 5.41) is 0. The minimum Gasteiger partial charge on any atom is -0.395 e. The molecule has 0 radical (unpaired) electrons. The Hall–Kier alpha value is 0.137. The van der Waals surface area contributed by atoms with Crippen molar-refractivity contribution in [1.82, 2.24) is 0 Å². The van der Waals surface area contributed by atoms with Crippen LogP contribution in [-0.2, 0) is 8.85 Å². The summed E-state index contributed by atoms with van der Waals surface area (Å²) in [5.41, 5.74) is 0. The van der Waals surface area contributed by atoms with Crippen LogP contribution < -0.4 is 0 Å². The molecule has 0 N–H and O–H groups in total. The predicted octanol–water partition coefficient (Wildman–Crippen LogP) is 4.10. The van der Waals surface area contributed by atoms with Crippen LogP contribution in [0.25, 0.3) is 0 Å². The third kappa shape index (κ3) is 8.00. The van der Waals surface area contributed by atoms with E-state index in [1.54, 1.807) is 0 Å². The molecule has 0 bridgehead atoms. The average molecular weight is 232 g/mol. The summed E-state index contributed by atoms with van der Waals surface area (Å²) in [4.78, 5) is 0. The molecule has 0 fully saturated rings. The minimum atomic E-state index is -1.86. The monoisotopic (exact) mass is 232 g/mol. The van der Waals surface area contributed by atoms with Gasteiger partial charge in [0.05, 0.1) is 0 Å². The quantitative estimate of drug-likeness (QED) is 0.557. The Kier molecular flexibility index (Phi) is 8.38. The molecule has 0 heterocycles. The van der Waals surface area contributed by atoms with E-state index in [-0.39, 0.29) is 0 Å². The van der Waals surface area contributed by atoms with E-state index in [4.69, 9.17) is 8.85 Å². The van der Waals surface area contributed by atoms with Crippen LogP contribution in [0.3, 0.4) is 0 Å². The molecule has 15 heavy (non-hydrogen) atoms. The van der Waals surface area contributed by atoms with E-state index in [2.05, 4.69) is 33.9 Å². The Morgan fingerprint density at radius 2 is 1.73 bits per heavy atom. The normalized spacial score (nSPS) is 14.2. The van der Waals surface area contributed by atoms with Gasteiger partial charge in [0.25, 0.3) is 0 Å². The van der Waals surface area contributed by atoms with E-state index in [0.29, 0.717) is 6.10 Å². The molecular formula is C12H28O2Si. The van der Waals surface area contributed by atoms with Gasteiger partial charge < -0.3 is 8.85 Å². The fraction of sp³-hybridized carbons (Fsp3) is 1.00. The van der Waals surface area contributed by atoms with Gasteiger partial charge in [-0.15, -0.1) is 0 Å². The van der Waals surface area contributed by atoms with Crippen molar-refractivity contribution < 1.29 is 8.85 Å². The number of unbranched alkanes of at least 4 members (excludes halogenated alkanes) is 1. The SMILES string of the molecule is CCCCC(CC)O[Si](C)(C)OCCC. The first-order valence-electron chi connectivity index (χ1n) is 6.37. The van der Waals surface area contributed by atoms with Crippen molar-refractivity contribution >= 4 is 8.56 Å². The maximum atomic E-state index is 6.11. The van der Waals surface area contributed by atoms with Crippen LogP contribution in [0, 0.1) is 0 Å². The molecule has 0 saturated carbocycles. The van der Waals surface area contributed by atoms with E-state index < -0.39 is 8.56 Å². The molecule has 92 valence electrons. The highest BCUT2D eigenvalue weighted by atomic mass is 28.4. The minimum absolute atomic E-state index is 0.406. The predicted molar refractivity (Wildman–Crippen MR) is 68.4 cm³/mol. The Morgan fingerprint density at radius 1 is 1.07 bits per heavy atom. The highest BCUT2D eigenvalue weighted by molar-refractivity contribution is 6.64. The molecule has 0 aliphatic rings. The highest BCUT2D eigenvalue weighted by Crippen LogP contribution is 2.16. The van der Waals surface area contributed by atoms with E-state index in [9.17, 15) is 0 Å². The van der Waals surface area contributed by atoms with E-state index in [1.165, 1.54) is 19.3 Å². The Balaban J connectivity index is 3.90. The fourth-order valence-electron chi connectivity index (χ4n) is 1.56. The molecule has 0 amide bonds. The molecule has 1 unspecified atom stereocenters. The zero-order valence-corrected chi connectivity index (χ0v) is 12.1. The second-order valence-electron chi connectivity index (χ2n) is 4.54. The lowest BCUT2D eigenvalue weighted by Crippen LogP contribution is -2.39. The van der Waals surface area contributed by atoms with Crippen LogP contribution in [0.15, 0.2) is 0 Å².